The average molecular weight is 272 g/mol. The fraction of sp³-hybridized carbons (Fsp3) is 0.900. The van der Waals surface area contributed by atoms with Crippen molar-refractivity contribution in [2.24, 2.45) is 27.6 Å². The van der Waals surface area contributed by atoms with Gasteiger partial charge < -0.3 is 0 Å². The maximum Gasteiger partial charge on any atom is 0.00328 e. The Morgan fingerprint density at radius 1 is 0.900 bits per heavy atom. The Hall–Kier alpha value is -0.260. The van der Waals surface area contributed by atoms with E-state index in [0.717, 1.165) is 5.92 Å². The monoisotopic (exact) mass is 272 g/mol. The molecule has 5 atom stereocenters. The molecule has 0 nitrogen and oxygen atoms in total. The van der Waals surface area contributed by atoms with Gasteiger partial charge in [0.05, 0.1) is 0 Å². The Morgan fingerprint density at radius 2 is 1.60 bits per heavy atom. The highest BCUT2D eigenvalue weighted by Crippen LogP contribution is 2.85. The van der Waals surface area contributed by atoms with Crippen molar-refractivity contribution in [1.29, 1.82) is 0 Å². The molecule has 0 aromatic heterocycles. The highest BCUT2D eigenvalue weighted by atomic mass is 14.8. The van der Waals surface area contributed by atoms with Crippen LogP contribution in [0.1, 0.15) is 86.0 Å². The summed E-state index contributed by atoms with van der Waals surface area (Å²) in [5.74, 6) is 0.937. The van der Waals surface area contributed by atoms with Gasteiger partial charge in [0.25, 0.3) is 0 Å². The standard InChI is InChI=1S/C20H32/c1-14-13-18(5)10-11-19-15(2)7-6-8-17(19,4)9-12-20(18,19)16(14)3/h15H,6-13H2,1-5H3/t15-,17+,18-,19+,20+/m1/s1. The molecule has 3 fully saturated rings. The molecule has 0 unspecified atom stereocenters. The van der Waals surface area contributed by atoms with Crippen LogP contribution in [0.3, 0.4) is 0 Å². The SMILES string of the molecule is CC1=C(C)[C@]23CC[C@]4(C)CCC[C@@H](C)[C@@]42CC[C@]3(C)C1. The Morgan fingerprint density at radius 3 is 2.35 bits per heavy atom. The number of rotatable bonds is 0. The van der Waals surface area contributed by atoms with E-state index in [0.29, 0.717) is 21.7 Å². The Bertz CT molecular complexity index is 500. The molecule has 0 N–H and O–H groups in total. The molecule has 4 rings (SSSR count). The summed E-state index contributed by atoms with van der Waals surface area (Å²) in [5, 5.41) is 0. The first-order valence-corrected chi connectivity index (χ1v) is 9.00. The van der Waals surface area contributed by atoms with Crippen molar-refractivity contribution in [2.75, 3.05) is 0 Å². The van der Waals surface area contributed by atoms with E-state index in [2.05, 4.69) is 34.6 Å². The van der Waals surface area contributed by atoms with Gasteiger partial charge in [-0.25, -0.2) is 0 Å². The average Bonchev–Trinajstić information content (AvgIpc) is 2.88. The molecule has 112 valence electrons. The second-order valence-corrected chi connectivity index (χ2v) is 9.37. The van der Waals surface area contributed by atoms with Crippen LogP contribution in [0.2, 0.25) is 0 Å². The van der Waals surface area contributed by atoms with Crippen LogP contribution in [-0.4, -0.2) is 0 Å². The lowest BCUT2D eigenvalue weighted by Gasteiger charge is -2.59. The molecule has 0 saturated heterocycles. The van der Waals surface area contributed by atoms with Crippen LogP contribution < -0.4 is 0 Å². The van der Waals surface area contributed by atoms with Crippen molar-refractivity contribution in [1.82, 2.24) is 0 Å². The lowest BCUT2D eigenvalue weighted by Crippen LogP contribution is -2.52. The van der Waals surface area contributed by atoms with E-state index >= 15 is 0 Å². The summed E-state index contributed by atoms with van der Waals surface area (Å²) in [4.78, 5) is 0. The van der Waals surface area contributed by atoms with Crippen molar-refractivity contribution < 1.29 is 0 Å². The number of hydrogen-bond acceptors (Lipinski definition) is 0. The molecule has 0 aliphatic heterocycles. The van der Waals surface area contributed by atoms with Gasteiger partial charge in [0, 0.05) is 5.41 Å². The highest BCUT2D eigenvalue weighted by molar-refractivity contribution is 5.41. The highest BCUT2D eigenvalue weighted by Gasteiger charge is 2.77. The van der Waals surface area contributed by atoms with Gasteiger partial charge >= 0.3 is 0 Å². The molecule has 3 saturated carbocycles. The van der Waals surface area contributed by atoms with Gasteiger partial charge in [-0.05, 0) is 74.5 Å². The Balaban J connectivity index is 1.99. The zero-order chi connectivity index (χ0) is 14.4. The minimum atomic E-state index is 0.568. The zero-order valence-corrected chi connectivity index (χ0v) is 14.2. The van der Waals surface area contributed by atoms with E-state index in [-0.39, 0.29) is 0 Å². The molecule has 2 spiro atoms. The summed E-state index contributed by atoms with van der Waals surface area (Å²) in [6.45, 7) is 12.9. The molecular weight excluding hydrogens is 240 g/mol. The third-order valence-corrected chi connectivity index (χ3v) is 9.13. The van der Waals surface area contributed by atoms with E-state index < -0.39 is 0 Å². The van der Waals surface area contributed by atoms with E-state index in [1.165, 1.54) is 51.4 Å². The van der Waals surface area contributed by atoms with Crippen molar-refractivity contribution >= 4 is 0 Å². The summed E-state index contributed by atoms with van der Waals surface area (Å²) in [6.07, 6.45) is 11.9. The second kappa shape index (κ2) is 3.55. The van der Waals surface area contributed by atoms with E-state index in [4.69, 9.17) is 0 Å². The lowest BCUT2D eigenvalue weighted by atomic mass is 9.45. The molecule has 0 aromatic carbocycles. The first kappa shape index (κ1) is 13.4. The van der Waals surface area contributed by atoms with Gasteiger partial charge in [-0.15, -0.1) is 0 Å². The third kappa shape index (κ3) is 1.05. The smallest absolute Gasteiger partial charge is 0.00328 e. The Labute approximate surface area is 125 Å². The molecule has 4 aliphatic carbocycles. The quantitative estimate of drug-likeness (QED) is 0.466. The van der Waals surface area contributed by atoms with E-state index in [1.54, 1.807) is 5.57 Å². The van der Waals surface area contributed by atoms with Crippen LogP contribution in [0, 0.1) is 27.6 Å². The van der Waals surface area contributed by atoms with E-state index in [1.807, 2.05) is 5.57 Å². The van der Waals surface area contributed by atoms with Gasteiger partial charge in [0.15, 0.2) is 0 Å². The fourth-order valence-electron chi connectivity index (χ4n) is 8.42. The van der Waals surface area contributed by atoms with Gasteiger partial charge in [0.1, 0.15) is 0 Å². The van der Waals surface area contributed by atoms with Crippen LogP contribution in [0.4, 0.5) is 0 Å². The molecule has 0 bridgehead atoms. The summed E-state index contributed by atoms with van der Waals surface area (Å²) >= 11 is 0. The molecule has 0 heteroatoms. The maximum absolute atomic E-state index is 2.67. The van der Waals surface area contributed by atoms with Crippen LogP contribution in [0.5, 0.6) is 0 Å². The van der Waals surface area contributed by atoms with Crippen LogP contribution in [0.15, 0.2) is 11.1 Å². The summed E-state index contributed by atoms with van der Waals surface area (Å²) in [7, 11) is 0. The molecule has 4 aliphatic rings. The zero-order valence-electron chi connectivity index (χ0n) is 14.2. The molecule has 0 amide bonds. The van der Waals surface area contributed by atoms with Gasteiger partial charge in [-0.1, -0.05) is 44.8 Å². The normalized spacial score (nSPS) is 57.8. The third-order valence-electron chi connectivity index (χ3n) is 9.13. The number of allylic oxidation sites excluding steroid dienone is 2. The van der Waals surface area contributed by atoms with Crippen LogP contribution >= 0.6 is 0 Å². The fourth-order valence-corrected chi connectivity index (χ4v) is 8.42. The molecule has 0 aromatic rings. The first-order chi connectivity index (χ1) is 9.33. The summed E-state index contributed by atoms with van der Waals surface area (Å²) in [5.41, 5.74) is 6.00. The summed E-state index contributed by atoms with van der Waals surface area (Å²) < 4.78 is 0. The van der Waals surface area contributed by atoms with Crippen LogP contribution in [0.25, 0.3) is 0 Å². The van der Waals surface area contributed by atoms with Crippen molar-refractivity contribution in [3.63, 3.8) is 0 Å². The molecule has 0 heterocycles. The molecule has 20 heavy (non-hydrogen) atoms. The predicted octanol–water partition coefficient (Wildman–Crippen LogP) is 6.12. The topological polar surface area (TPSA) is 0 Å². The minimum Gasteiger partial charge on any atom is -0.0732 e. The van der Waals surface area contributed by atoms with Gasteiger partial charge in [0.2, 0.25) is 0 Å². The maximum atomic E-state index is 2.67. The van der Waals surface area contributed by atoms with Gasteiger partial charge in [-0.2, -0.15) is 0 Å². The van der Waals surface area contributed by atoms with Crippen LogP contribution in [-0.2, 0) is 0 Å². The van der Waals surface area contributed by atoms with Gasteiger partial charge in [-0.3, -0.25) is 0 Å². The van der Waals surface area contributed by atoms with Crippen molar-refractivity contribution in [3.8, 4) is 0 Å². The minimum absolute atomic E-state index is 0.568. The van der Waals surface area contributed by atoms with E-state index in [9.17, 15) is 0 Å². The predicted molar refractivity (Wildman–Crippen MR) is 85.6 cm³/mol. The lowest BCUT2D eigenvalue weighted by molar-refractivity contribution is -0.0853. The largest absolute Gasteiger partial charge is 0.0732 e. The van der Waals surface area contributed by atoms with Crippen molar-refractivity contribution in [2.45, 2.75) is 86.0 Å². The molecule has 0 radical (unpaired) electrons. The number of hydrogen-bond donors (Lipinski definition) is 0. The second-order valence-electron chi connectivity index (χ2n) is 9.37. The Kier molecular flexibility index (Phi) is 2.38. The molecular formula is C20H32. The first-order valence-electron chi connectivity index (χ1n) is 9.00. The van der Waals surface area contributed by atoms with Crippen molar-refractivity contribution in [3.05, 3.63) is 11.1 Å². The summed E-state index contributed by atoms with van der Waals surface area (Å²) in [6, 6.07) is 0.